The molecule has 100 valence electrons. The van der Waals surface area contributed by atoms with Crippen molar-refractivity contribution in [1.29, 1.82) is 0 Å². The van der Waals surface area contributed by atoms with E-state index in [4.69, 9.17) is 0 Å². The number of carbonyl (C=O) groups is 2. The van der Waals surface area contributed by atoms with Gasteiger partial charge in [-0.25, -0.2) is 0 Å². The average Bonchev–Trinajstić information content (AvgIpc) is 3.25. The molecule has 0 radical (unpaired) electrons. The first-order valence-electron chi connectivity index (χ1n) is 7.38. The molecule has 0 N–H and O–H groups in total. The van der Waals surface area contributed by atoms with Gasteiger partial charge in [-0.3, -0.25) is 14.5 Å². The Balaban J connectivity index is 1.61. The van der Waals surface area contributed by atoms with Gasteiger partial charge in [0.05, 0.1) is 17.5 Å². The predicted molar refractivity (Wildman–Crippen MR) is 73.6 cm³/mol. The number of imide groups is 1. The van der Waals surface area contributed by atoms with Crippen LogP contribution in [0.15, 0.2) is 42.5 Å². The van der Waals surface area contributed by atoms with Gasteiger partial charge in [0.2, 0.25) is 11.8 Å². The van der Waals surface area contributed by atoms with E-state index in [1.807, 2.05) is 30.3 Å². The summed E-state index contributed by atoms with van der Waals surface area (Å²) in [6, 6.07) is 9.36. The molecule has 6 atom stereocenters. The summed E-state index contributed by atoms with van der Waals surface area (Å²) in [5.41, 5.74) is 0.727. The molecule has 3 heteroatoms. The lowest BCUT2D eigenvalue weighted by molar-refractivity contribution is -0.124. The zero-order valence-corrected chi connectivity index (χ0v) is 11.0. The van der Waals surface area contributed by atoms with E-state index in [1.54, 1.807) is 0 Å². The highest BCUT2D eigenvalue weighted by molar-refractivity contribution is 6.22. The Hall–Kier alpha value is -1.90. The number of nitrogens with zero attached hydrogens (tertiary/aromatic N) is 1. The molecule has 1 heterocycles. The molecule has 5 aliphatic rings. The van der Waals surface area contributed by atoms with Gasteiger partial charge in [0.25, 0.3) is 0 Å². The first-order valence-corrected chi connectivity index (χ1v) is 7.38. The Morgan fingerprint density at radius 1 is 0.850 bits per heavy atom. The van der Waals surface area contributed by atoms with Crippen molar-refractivity contribution in [3.8, 4) is 0 Å². The number of amides is 2. The fourth-order valence-electron chi connectivity index (χ4n) is 4.79. The Morgan fingerprint density at radius 3 is 1.95 bits per heavy atom. The van der Waals surface area contributed by atoms with Crippen LogP contribution in [-0.4, -0.2) is 11.8 Å². The summed E-state index contributed by atoms with van der Waals surface area (Å²) in [7, 11) is 0. The monoisotopic (exact) mass is 265 g/mol. The molecule has 6 rings (SSSR count). The van der Waals surface area contributed by atoms with Crippen LogP contribution in [0.3, 0.4) is 0 Å². The number of carbonyl (C=O) groups excluding carboxylic acids is 2. The van der Waals surface area contributed by atoms with E-state index in [2.05, 4.69) is 12.2 Å². The Labute approximate surface area is 117 Å². The predicted octanol–water partition coefficient (Wildman–Crippen LogP) is 2.24. The van der Waals surface area contributed by atoms with E-state index in [0.717, 1.165) is 5.69 Å². The summed E-state index contributed by atoms with van der Waals surface area (Å²) < 4.78 is 0. The zero-order chi connectivity index (χ0) is 13.4. The molecule has 4 aliphatic carbocycles. The largest absolute Gasteiger partial charge is 0.274 e. The quantitative estimate of drug-likeness (QED) is 0.577. The van der Waals surface area contributed by atoms with Crippen LogP contribution in [0.1, 0.15) is 6.42 Å². The standard InChI is InChI=1S/C17H15NO2/c19-16-14-10-6-7-11(13-8-12(10)13)15(14)17(20)18(16)9-4-2-1-3-5-9/h1-7,10-15H,8H2/t10-,11+,12-,13-,14+,15-/m1/s1. The SMILES string of the molecule is O=C1[C@@H]2[C@H]3C=C[C@H]([C@H]4C[C@H]34)[C@@H]2C(=O)N1c1ccccc1. The van der Waals surface area contributed by atoms with Gasteiger partial charge in [0, 0.05) is 0 Å². The van der Waals surface area contributed by atoms with Crippen LogP contribution in [0, 0.1) is 35.5 Å². The number of anilines is 1. The van der Waals surface area contributed by atoms with Gasteiger partial charge in [-0.2, -0.15) is 0 Å². The van der Waals surface area contributed by atoms with Crippen molar-refractivity contribution in [3.05, 3.63) is 42.5 Å². The minimum atomic E-state index is -0.0959. The lowest BCUT2D eigenvalue weighted by Crippen LogP contribution is -2.40. The van der Waals surface area contributed by atoms with Crippen molar-refractivity contribution in [1.82, 2.24) is 0 Å². The average molecular weight is 265 g/mol. The third-order valence-corrected chi connectivity index (χ3v) is 5.68. The molecule has 20 heavy (non-hydrogen) atoms. The molecular weight excluding hydrogens is 250 g/mol. The van der Waals surface area contributed by atoms with Gasteiger partial charge in [-0.1, -0.05) is 30.4 Å². The van der Waals surface area contributed by atoms with Crippen molar-refractivity contribution in [2.75, 3.05) is 4.90 Å². The van der Waals surface area contributed by atoms with E-state index in [1.165, 1.54) is 11.3 Å². The summed E-state index contributed by atoms with van der Waals surface area (Å²) in [5, 5.41) is 0. The second-order valence-electron chi connectivity index (χ2n) is 6.50. The highest BCUT2D eigenvalue weighted by Gasteiger charge is 2.67. The molecule has 2 saturated carbocycles. The van der Waals surface area contributed by atoms with Gasteiger partial charge in [0.15, 0.2) is 0 Å². The highest BCUT2D eigenvalue weighted by atomic mass is 16.2. The maximum Gasteiger partial charge on any atom is 0.238 e. The second kappa shape index (κ2) is 3.40. The summed E-state index contributed by atoms with van der Waals surface area (Å²) in [5.74, 6) is 1.80. The number of hydrogen-bond donors (Lipinski definition) is 0. The van der Waals surface area contributed by atoms with Crippen LogP contribution >= 0.6 is 0 Å². The Bertz CT molecular complexity index is 614. The normalized spacial score (nSPS) is 43.7. The Kier molecular flexibility index (Phi) is 1.84. The summed E-state index contributed by atoms with van der Waals surface area (Å²) >= 11 is 0. The van der Waals surface area contributed by atoms with Crippen molar-refractivity contribution >= 4 is 17.5 Å². The smallest absolute Gasteiger partial charge is 0.238 e. The molecule has 2 bridgehead atoms. The maximum absolute atomic E-state index is 12.8. The van der Waals surface area contributed by atoms with Crippen LogP contribution in [0.5, 0.6) is 0 Å². The first kappa shape index (κ1) is 10.8. The van der Waals surface area contributed by atoms with E-state index >= 15 is 0 Å². The van der Waals surface area contributed by atoms with Crippen molar-refractivity contribution in [2.24, 2.45) is 35.5 Å². The van der Waals surface area contributed by atoms with Crippen LogP contribution < -0.4 is 4.90 Å². The molecule has 1 saturated heterocycles. The van der Waals surface area contributed by atoms with E-state index in [-0.39, 0.29) is 23.7 Å². The molecule has 3 nitrogen and oxygen atoms in total. The van der Waals surface area contributed by atoms with Crippen LogP contribution in [-0.2, 0) is 9.59 Å². The second-order valence-corrected chi connectivity index (χ2v) is 6.50. The number of rotatable bonds is 1. The number of allylic oxidation sites excluding steroid dienone is 2. The molecule has 3 fully saturated rings. The fourth-order valence-corrected chi connectivity index (χ4v) is 4.79. The molecule has 0 spiro atoms. The molecule has 1 aliphatic heterocycles. The third-order valence-electron chi connectivity index (χ3n) is 5.68. The summed E-state index contributed by atoms with van der Waals surface area (Å²) in [6.45, 7) is 0. The molecule has 0 aromatic heterocycles. The van der Waals surface area contributed by atoms with E-state index in [9.17, 15) is 9.59 Å². The van der Waals surface area contributed by atoms with Gasteiger partial charge >= 0.3 is 0 Å². The van der Waals surface area contributed by atoms with Crippen molar-refractivity contribution in [3.63, 3.8) is 0 Å². The molecular formula is C17H15NO2. The number of hydrogen-bond acceptors (Lipinski definition) is 2. The summed E-state index contributed by atoms with van der Waals surface area (Å²) in [4.78, 5) is 27.0. The first-order chi connectivity index (χ1) is 9.77. The molecule has 0 unspecified atom stereocenters. The topological polar surface area (TPSA) is 37.4 Å². The van der Waals surface area contributed by atoms with Gasteiger partial charge < -0.3 is 0 Å². The minimum absolute atomic E-state index is 0.0240. The molecule has 1 aromatic carbocycles. The lowest BCUT2D eigenvalue weighted by Gasteiger charge is -2.37. The third kappa shape index (κ3) is 1.13. The fraction of sp³-hybridized carbons (Fsp3) is 0.412. The van der Waals surface area contributed by atoms with Crippen LogP contribution in [0.2, 0.25) is 0 Å². The Morgan fingerprint density at radius 2 is 1.40 bits per heavy atom. The maximum atomic E-state index is 12.8. The van der Waals surface area contributed by atoms with Crippen molar-refractivity contribution in [2.45, 2.75) is 6.42 Å². The van der Waals surface area contributed by atoms with Crippen molar-refractivity contribution < 1.29 is 9.59 Å². The number of para-hydroxylation sites is 1. The molecule has 1 aromatic rings. The van der Waals surface area contributed by atoms with Gasteiger partial charge in [0.1, 0.15) is 0 Å². The minimum Gasteiger partial charge on any atom is -0.274 e. The summed E-state index contributed by atoms with van der Waals surface area (Å²) in [6.07, 6.45) is 5.63. The molecule has 2 amide bonds. The van der Waals surface area contributed by atoms with Gasteiger partial charge in [-0.15, -0.1) is 0 Å². The number of benzene rings is 1. The van der Waals surface area contributed by atoms with E-state index < -0.39 is 0 Å². The highest BCUT2D eigenvalue weighted by Crippen LogP contribution is 2.65. The van der Waals surface area contributed by atoms with E-state index in [0.29, 0.717) is 23.7 Å². The lowest BCUT2D eigenvalue weighted by atomic mass is 9.63. The van der Waals surface area contributed by atoms with Crippen LogP contribution in [0.25, 0.3) is 0 Å². The van der Waals surface area contributed by atoms with Gasteiger partial charge in [-0.05, 0) is 42.2 Å². The zero-order valence-electron chi connectivity index (χ0n) is 11.0. The van der Waals surface area contributed by atoms with Crippen LogP contribution in [0.4, 0.5) is 5.69 Å².